The Morgan fingerprint density at radius 3 is 2.50 bits per heavy atom. The van der Waals surface area contributed by atoms with E-state index in [0.717, 1.165) is 11.8 Å². The molecule has 0 bridgehead atoms. The Labute approximate surface area is 110 Å². The van der Waals surface area contributed by atoms with E-state index in [9.17, 15) is 9.00 Å². The molecule has 1 aromatic rings. The maximum absolute atomic E-state index is 11.5. The Kier molecular flexibility index (Phi) is 5.22. The van der Waals surface area contributed by atoms with Crippen molar-refractivity contribution < 1.29 is 13.7 Å². The molecule has 4 nitrogen and oxygen atoms in total. The number of carbonyl (C=O) groups excluding carboxylic acids is 1. The Morgan fingerprint density at radius 2 is 1.94 bits per heavy atom. The van der Waals surface area contributed by atoms with Crippen molar-refractivity contribution in [3.8, 4) is 0 Å². The summed E-state index contributed by atoms with van der Waals surface area (Å²) in [5.41, 5.74) is 0.899. The summed E-state index contributed by atoms with van der Waals surface area (Å²) in [6, 6.07) is 9.34. The van der Waals surface area contributed by atoms with E-state index in [1.165, 1.54) is 0 Å². The third kappa shape index (κ3) is 5.23. The van der Waals surface area contributed by atoms with Crippen LogP contribution in [0.5, 0.6) is 0 Å². The lowest BCUT2D eigenvalue weighted by atomic mass is 10.2. The predicted octanol–water partition coefficient (Wildman–Crippen LogP) is 2.26. The molecule has 0 radical (unpaired) electrons. The minimum absolute atomic E-state index is 0.188. The van der Waals surface area contributed by atoms with Gasteiger partial charge in [0, 0.05) is 0 Å². The molecular formula is C13H17NO3S. The largest absolute Gasteiger partial charge is 0.457 e. The second kappa shape index (κ2) is 6.44. The fourth-order valence-electron chi connectivity index (χ4n) is 1.01. The molecule has 0 amide bonds. The molecule has 98 valence electrons. The summed E-state index contributed by atoms with van der Waals surface area (Å²) in [4.78, 5) is 11.3. The fraction of sp³-hybridized carbons (Fsp3) is 0.385. The van der Waals surface area contributed by atoms with E-state index >= 15 is 0 Å². The van der Waals surface area contributed by atoms with E-state index in [0.29, 0.717) is 0 Å². The van der Waals surface area contributed by atoms with Crippen LogP contribution in [0, 0.1) is 0 Å². The van der Waals surface area contributed by atoms with Crippen molar-refractivity contribution in [2.45, 2.75) is 32.1 Å². The second-order valence-electron chi connectivity index (χ2n) is 4.69. The molecule has 0 aliphatic rings. The van der Waals surface area contributed by atoms with E-state index in [1.54, 1.807) is 20.8 Å². The highest BCUT2D eigenvalue weighted by atomic mass is 32.2. The molecule has 0 saturated carbocycles. The number of hydrogen-bond donors (Lipinski definition) is 0. The molecule has 0 aliphatic heterocycles. The molecule has 1 unspecified atom stereocenters. The minimum Gasteiger partial charge on any atom is -0.457 e. The van der Waals surface area contributed by atoms with Crippen molar-refractivity contribution >= 4 is 23.2 Å². The Morgan fingerprint density at radius 1 is 1.33 bits per heavy atom. The quantitative estimate of drug-likeness (QED) is 0.621. The Hall–Kier alpha value is -1.49. The summed E-state index contributed by atoms with van der Waals surface area (Å²) >= 11 is 0. The molecule has 0 fully saturated rings. The van der Waals surface area contributed by atoms with Crippen molar-refractivity contribution in [1.29, 1.82) is 0 Å². The summed E-state index contributed by atoms with van der Waals surface area (Å²) < 4.78 is 19.7. The Bertz CT molecular complexity index is 449. The van der Waals surface area contributed by atoms with Crippen LogP contribution in [0.4, 0.5) is 0 Å². The van der Waals surface area contributed by atoms with Crippen LogP contribution in [0.1, 0.15) is 26.3 Å². The number of benzene rings is 1. The molecule has 1 rings (SSSR count). The summed E-state index contributed by atoms with van der Waals surface area (Å²) in [7, 11) is -1.44. The van der Waals surface area contributed by atoms with Crippen molar-refractivity contribution in [2.75, 3.05) is 0 Å². The van der Waals surface area contributed by atoms with Gasteiger partial charge >= 0.3 is 5.97 Å². The molecule has 18 heavy (non-hydrogen) atoms. The van der Waals surface area contributed by atoms with Gasteiger partial charge in [-0.2, -0.15) is 4.40 Å². The molecule has 0 heterocycles. The first-order valence-electron chi connectivity index (χ1n) is 5.56. The normalized spacial score (nSPS) is 13.5. The number of hydrogen-bond acceptors (Lipinski definition) is 3. The van der Waals surface area contributed by atoms with Gasteiger partial charge in [-0.1, -0.05) is 30.3 Å². The van der Waals surface area contributed by atoms with Crippen molar-refractivity contribution in [3.05, 3.63) is 35.9 Å². The highest BCUT2D eigenvalue weighted by Crippen LogP contribution is 2.11. The fourth-order valence-corrected chi connectivity index (χ4v) is 1.51. The number of ether oxygens (including phenoxy) is 1. The molecular weight excluding hydrogens is 250 g/mol. The van der Waals surface area contributed by atoms with Gasteiger partial charge in [0.05, 0.1) is 4.75 Å². The van der Waals surface area contributed by atoms with Gasteiger partial charge in [-0.15, -0.1) is 0 Å². The lowest BCUT2D eigenvalue weighted by Gasteiger charge is -2.12. The van der Waals surface area contributed by atoms with Gasteiger partial charge in [0.25, 0.3) is 0 Å². The lowest BCUT2D eigenvalue weighted by molar-refractivity contribution is -0.136. The standard InChI is InChI=1S/C13H17NO3S/c1-13(2,3)18(16)14-9-12(15)17-10-11-7-5-4-6-8-11/h4-9H,10H2,1-3H3/b14-9+. The van der Waals surface area contributed by atoms with E-state index in [4.69, 9.17) is 4.74 Å². The summed E-state index contributed by atoms with van der Waals surface area (Å²) in [6.45, 7) is 5.55. The summed E-state index contributed by atoms with van der Waals surface area (Å²) in [5.74, 6) is -0.587. The number of carbonyl (C=O) groups is 1. The molecule has 1 atom stereocenters. The highest BCUT2D eigenvalue weighted by Gasteiger charge is 2.18. The van der Waals surface area contributed by atoms with Crippen LogP contribution in [-0.2, 0) is 27.1 Å². The maximum Gasteiger partial charge on any atom is 0.350 e. The molecule has 1 aromatic carbocycles. The predicted molar refractivity (Wildman–Crippen MR) is 72.6 cm³/mol. The van der Waals surface area contributed by atoms with Crippen molar-refractivity contribution in [3.63, 3.8) is 0 Å². The van der Waals surface area contributed by atoms with Crippen LogP contribution in [0.25, 0.3) is 0 Å². The zero-order valence-corrected chi connectivity index (χ0v) is 11.6. The van der Waals surface area contributed by atoms with Crippen molar-refractivity contribution in [2.24, 2.45) is 4.40 Å². The van der Waals surface area contributed by atoms with Gasteiger partial charge in [-0.05, 0) is 26.3 Å². The topological polar surface area (TPSA) is 55.7 Å². The maximum atomic E-state index is 11.5. The highest BCUT2D eigenvalue weighted by molar-refractivity contribution is 7.85. The van der Waals surface area contributed by atoms with Crippen LogP contribution in [0.3, 0.4) is 0 Å². The first-order valence-corrected chi connectivity index (χ1v) is 6.67. The van der Waals surface area contributed by atoms with Crippen LogP contribution in [0.2, 0.25) is 0 Å². The molecule has 0 aromatic heterocycles. The van der Waals surface area contributed by atoms with E-state index in [1.807, 2.05) is 30.3 Å². The third-order valence-electron chi connectivity index (χ3n) is 2.00. The van der Waals surface area contributed by atoms with Crippen LogP contribution >= 0.6 is 0 Å². The zero-order valence-electron chi connectivity index (χ0n) is 10.8. The SMILES string of the molecule is CC(C)(C)S(=O)/N=C/C(=O)OCc1ccccc1. The molecule has 0 aliphatic carbocycles. The Balaban J connectivity index is 2.43. The third-order valence-corrected chi connectivity index (χ3v) is 3.35. The van der Waals surface area contributed by atoms with Gasteiger partial charge < -0.3 is 4.74 Å². The molecule has 0 saturated heterocycles. The van der Waals surface area contributed by atoms with Crippen LogP contribution in [-0.4, -0.2) is 21.1 Å². The van der Waals surface area contributed by atoms with Crippen molar-refractivity contribution in [1.82, 2.24) is 0 Å². The number of esters is 1. The van der Waals surface area contributed by atoms with Crippen LogP contribution < -0.4 is 0 Å². The minimum atomic E-state index is -1.44. The monoisotopic (exact) mass is 267 g/mol. The van der Waals surface area contributed by atoms with E-state index in [-0.39, 0.29) is 6.61 Å². The van der Waals surface area contributed by atoms with Gasteiger partial charge in [-0.25, -0.2) is 9.00 Å². The zero-order chi connectivity index (χ0) is 13.6. The van der Waals surface area contributed by atoms with E-state index < -0.39 is 21.7 Å². The molecule has 0 spiro atoms. The smallest absolute Gasteiger partial charge is 0.350 e. The average molecular weight is 267 g/mol. The summed E-state index contributed by atoms with van der Waals surface area (Å²) in [6.07, 6.45) is 0.976. The number of rotatable bonds is 4. The lowest BCUT2D eigenvalue weighted by Crippen LogP contribution is -2.20. The van der Waals surface area contributed by atoms with Gasteiger partial charge in [0.15, 0.2) is 0 Å². The second-order valence-corrected chi connectivity index (χ2v) is 6.62. The average Bonchev–Trinajstić information content (AvgIpc) is 2.33. The number of nitrogens with zero attached hydrogens (tertiary/aromatic N) is 1. The van der Waals surface area contributed by atoms with Crippen LogP contribution in [0.15, 0.2) is 34.7 Å². The van der Waals surface area contributed by atoms with Gasteiger partial charge in [0.2, 0.25) is 0 Å². The van der Waals surface area contributed by atoms with Gasteiger partial charge in [0.1, 0.15) is 23.8 Å². The molecule has 5 heteroatoms. The summed E-state index contributed by atoms with van der Waals surface area (Å²) in [5, 5.41) is 0. The first-order chi connectivity index (χ1) is 8.39. The first kappa shape index (κ1) is 14.6. The molecule has 0 N–H and O–H groups in total. The van der Waals surface area contributed by atoms with Gasteiger partial charge in [-0.3, -0.25) is 0 Å². The van der Waals surface area contributed by atoms with E-state index in [2.05, 4.69) is 4.40 Å².